The van der Waals surface area contributed by atoms with Gasteiger partial charge in [0.15, 0.2) is 0 Å². The Morgan fingerprint density at radius 2 is 2.21 bits per heavy atom. The number of rotatable bonds is 3. The first kappa shape index (κ1) is 18.1. The number of benzene rings is 1. The molecule has 29 heavy (non-hydrogen) atoms. The monoisotopic (exact) mass is 393 g/mol. The number of quaternary nitrogens is 1. The maximum absolute atomic E-state index is 11.9. The number of likely N-dealkylation sites (N-methyl/N-ethyl adjacent to an activating group) is 1. The molecule has 5 aliphatic rings. The zero-order valence-electron chi connectivity index (χ0n) is 17.6. The van der Waals surface area contributed by atoms with Gasteiger partial charge < -0.3 is 15.0 Å². The number of hydrogen-bond acceptors (Lipinski definition) is 2. The highest BCUT2D eigenvalue weighted by atomic mass is 16.5. The molecule has 2 spiro atoms. The van der Waals surface area contributed by atoms with Crippen LogP contribution in [0, 0.1) is 11.3 Å². The number of amides is 1. The van der Waals surface area contributed by atoms with E-state index in [2.05, 4.69) is 25.8 Å². The molecule has 6 rings (SSSR count). The molecule has 1 amide bonds. The molecule has 1 aromatic rings. The first-order valence-electron chi connectivity index (χ1n) is 11.4. The predicted molar refractivity (Wildman–Crippen MR) is 113 cm³/mol. The normalized spacial score (nSPS) is 44.6. The van der Waals surface area contributed by atoms with E-state index < -0.39 is 0 Å². The van der Waals surface area contributed by atoms with Crippen LogP contribution in [0.25, 0.3) is 0 Å². The van der Waals surface area contributed by atoms with E-state index >= 15 is 0 Å². The molecule has 2 aliphatic heterocycles. The van der Waals surface area contributed by atoms with E-state index in [0.29, 0.717) is 29.0 Å². The van der Waals surface area contributed by atoms with Gasteiger partial charge >= 0.3 is 0 Å². The van der Waals surface area contributed by atoms with E-state index in [4.69, 9.17) is 10.5 Å². The van der Waals surface area contributed by atoms with Crippen LogP contribution in [-0.4, -0.2) is 49.3 Å². The fourth-order valence-electron chi connectivity index (χ4n) is 8.84. The second-order valence-electron chi connectivity index (χ2n) is 11.1. The van der Waals surface area contributed by atoms with Crippen LogP contribution in [0.1, 0.15) is 60.0 Å². The summed E-state index contributed by atoms with van der Waals surface area (Å²) in [5.41, 5.74) is 11.2. The van der Waals surface area contributed by atoms with Crippen LogP contribution in [-0.2, 0) is 16.6 Å². The number of nitrogens with zero attached hydrogens (tertiary/aromatic N) is 1. The lowest BCUT2D eigenvalue weighted by molar-refractivity contribution is -0.997. The van der Waals surface area contributed by atoms with Crippen molar-refractivity contribution in [1.29, 1.82) is 0 Å². The minimum absolute atomic E-state index is 0.158. The van der Waals surface area contributed by atoms with E-state index in [-0.39, 0.29) is 11.3 Å². The SMILES string of the molecule is C=C1CCC2[C@H]3C4(Cc5ccc(C(N)=O)cc5[C@]2(C1)C4)C[N+]3(C)C[C@@H]1CCCO1. The van der Waals surface area contributed by atoms with Crippen LogP contribution in [0.2, 0.25) is 0 Å². The van der Waals surface area contributed by atoms with Crippen LogP contribution >= 0.6 is 0 Å². The van der Waals surface area contributed by atoms with Gasteiger partial charge in [0.25, 0.3) is 0 Å². The number of carbonyl (C=O) groups excluding carboxylic acids is 1. The summed E-state index contributed by atoms with van der Waals surface area (Å²) in [4.78, 5) is 11.9. The molecule has 6 atom stereocenters. The first-order valence-corrected chi connectivity index (χ1v) is 11.4. The number of hydrogen-bond donors (Lipinski definition) is 1. The van der Waals surface area contributed by atoms with Gasteiger partial charge in [-0.15, -0.1) is 0 Å². The summed E-state index contributed by atoms with van der Waals surface area (Å²) in [5, 5.41) is 0. The summed E-state index contributed by atoms with van der Waals surface area (Å²) in [6.07, 6.45) is 8.80. The van der Waals surface area contributed by atoms with Gasteiger partial charge in [-0.25, -0.2) is 0 Å². The zero-order valence-corrected chi connectivity index (χ0v) is 17.6. The van der Waals surface area contributed by atoms with Gasteiger partial charge in [0.05, 0.1) is 19.0 Å². The lowest BCUT2D eigenvalue weighted by Gasteiger charge is -2.61. The van der Waals surface area contributed by atoms with Crippen molar-refractivity contribution in [2.24, 2.45) is 17.1 Å². The van der Waals surface area contributed by atoms with E-state index in [1.54, 1.807) is 0 Å². The van der Waals surface area contributed by atoms with Crippen LogP contribution in [0.3, 0.4) is 0 Å². The van der Waals surface area contributed by atoms with E-state index in [1.807, 2.05) is 6.07 Å². The molecule has 0 radical (unpaired) electrons. The Morgan fingerprint density at radius 3 is 2.97 bits per heavy atom. The summed E-state index contributed by atoms with van der Waals surface area (Å²) >= 11 is 0. The third-order valence-electron chi connectivity index (χ3n) is 9.23. The van der Waals surface area contributed by atoms with Crippen molar-refractivity contribution < 1.29 is 14.0 Å². The smallest absolute Gasteiger partial charge is 0.248 e. The minimum atomic E-state index is -0.310. The molecule has 154 valence electrons. The van der Waals surface area contributed by atoms with E-state index in [0.717, 1.165) is 25.9 Å². The Labute approximate surface area is 173 Å². The van der Waals surface area contributed by atoms with Gasteiger partial charge in [0.2, 0.25) is 5.91 Å². The van der Waals surface area contributed by atoms with Crippen molar-refractivity contribution >= 4 is 5.91 Å². The molecule has 2 N–H and O–H groups in total. The van der Waals surface area contributed by atoms with Crippen molar-refractivity contribution in [2.45, 2.75) is 62.5 Å². The average molecular weight is 394 g/mol. The number of allylic oxidation sites excluding steroid dienone is 1. The van der Waals surface area contributed by atoms with E-state index in [1.165, 1.54) is 60.0 Å². The fourth-order valence-corrected chi connectivity index (χ4v) is 8.84. The maximum atomic E-state index is 11.9. The molecule has 3 aliphatic carbocycles. The summed E-state index contributed by atoms with van der Waals surface area (Å²) < 4.78 is 7.24. The van der Waals surface area contributed by atoms with Crippen LogP contribution < -0.4 is 5.73 Å². The Hall–Kier alpha value is -1.65. The van der Waals surface area contributed by atoms with Crippen molar-refractivity contribution in [1.82, 2.24) is 0 Å². The number of fused-ring (bicyclic) bond motifs is 2. The Bertz CT molecular complexity index is 919. The standard InChI is InChI=1S/C25H32N2O2/c1-16-5-8-20-22-24(15-27(22,2)13-19-4-3-9-29-19)12-18-7-6-17(23(26)28)10-21(18)25(20,11-16)14-24/h6-7,10,19-20,22H,1,3-5,8-9,11-15H2,2H3,(H-,26,28)/p+1/t19-,20?,22-,24?,25+,27?/m0/s1. The zero-order chi connectivity index (χ0) is 20.0. The molecule has 3 unspecified atom stereocenters. The van der Waals surface area contributed by atoms with Crippen LogP contribution in [0.5, 0.6) is 0 Å². The van der Waals surface area contributed by atoms with Crippen LogP contribution in [0.15, 0.2) is 30.4 Å². The highest BCUT2D eigenvalue weighted by Gasteiger charge is 2.77. The molecule has 2 saturated carbocycles. The average Bonchev–Trinajstić information content (AvgIpc) is 3.22. The lowest BCUT2D eigenvalue weighted by Crippen LogP contribution is -2.76. The number of carbonyl (C=O) groups is 1. The maximum Gasteiger partial charge on any atom is 0.248 e. The largest absolute Gasteiger partial charge is 0.372 e. The quantitative estimate of drug-likeness (QED) is 0.633. The molecule has 4 nitrogen and oxygen atoms in total. The van der Waals surface area contributed by atoms with Gasteiger partial charge in [0.1, 0.15) is 18.7 Å². The van der Waals surface area contributed by atoms with Gasteiger partial charge in [-0.2, -0.15) is 0 Å². The number of likely N-dealkylation sites (tertiary alicyclic amines) is 1. The molecule has 1 aromatic carbocycles. The molecular formula is C25H33N2O2+. The summed E-state index contributed by atoms with van der Waals surface area (Å²) in [6.45, 7) is 7.80. The topological polar surface area (TPSA) is 52.3 Å². The first-order chi connectivity index (χ1) is 13.9. The van der Waals surface area contributed by atoms with Gasteiger partial charge in [0, 0.05) is 23.5 Å². The molecule has 4 fully saturated rings. The molecular weight excluding hydrogens is 360 g/mol. The van der Waals surface area contributed by atoms with Crippen molar-refractivity contribution in [3.63, 3.8) is 0 Å². The van der Waals surface area contributed by atoms with Crippen molar-refractivity contribution in [3.8, 4) is 0 Å². The second-order valence-corrected chi connectivity index (χ2v) is 11.1. The number of primary amides is 1. The summed E-state index contributed by atoms with van der Waals surface area (Å²) in [7, 11) is 2.49. The molecule has 2 saturated heterocycles. The number of nitrogens with two attached hydrogens (primary N) is 1. The third kappa shape index (κ3) is 2.30. The third-order valence-corrected chi connectivity index (χ3v) is 9.23. The molecule has 0 aromatic heterocycles. The molecule has 2 heterocycles. The highest BCUT2D eigenvalue weighted by Crippen LogP contribution is 2.72. The Morgan fingerprint density at radius 1 is 1.34 bits per heavy atom. The van der Waals surface area contributed by atoms with Crippen molar-refractivity contribution in [2.75, 3.05) is 26.7 Å². The summed E-state index contributed by atoms with van der Waals surface area (Å²) in [6, 6.07) is 7.01. The second kappa shape index (κ2) is 5.73. The Kier molecular flexibility index (Phi) is 3.59. The highest BCUT2D eigenvalue weighted by molar-refractivity contribution is 5.93. The van der Waals surface area contributed by atoms with E-state index in [9.17, 15) is 4.79 Å². The summed E-state index contributed by atoms with van der Waals surface area (Å²) in [5.74, 6) is 0.369. The van der Waals surface area contributed by atoms with Gasteiger partial charge in [-0.3, -0.25) is 4.79 Å². The predicted octanol–water partition coefficient (Wildman–Crippen LogP) is 3.33. The van der Waals surface area contributed by atoms with Gasteiger partial charge in [-0.1, -0.05) is 18.2 Å². The molecule has 4 heteroatoms. The van der Waals surface area contributed by atoms with Gasteiger partial charge in [-0.05, 0) is 68.2 Å². The van der Waals surface area contributed by atoms with Crippen LogP contribution in [0.4, 0.5) is 0 Å². The van der Waals surface area contributed by atoms with Crippen molar-refractivity contribution in [3.05, 3.63) is 47.0 Å². The fraction of sp³-hybridized carbons (Fsp3) is 0.640. The molecule has 2 bridgehead atoms. The number of ether oxygens (including phenoxy) is 1. The lowest BCUT2D eigenvalue weighted by atomic mass is 9.59. The minimum Gasteiger partial charge on any atom is -0.372 e. The Balaban J connectivity index is 1.45.